The van der Waals surface area contributed by atoms with Gasteiger partial charge in [-0.3, -0.25) is 0 Å². The first-order valence-corrected chi connectivity index (χ1v) is 9.28. The second-order valence-electron chi connectivity index (χ2n) is 4.78. The monoisotopic (exact) mass is 285 g/mol. The molecule has 2 unspecified atom stereocenters. The van der Waals surface area contributed by atoms with Gasteiger partial charge in [-0.1, -0.05) is 6.07 Å². The second-order valence-corrected chi connectivity index (χ2v) is 7.93. The zero-order valence-electron chi connectivity index (χ0n) is 10.7. The first kappa shape index (κ1) is 13.7. The van der Waals surface area contributed by atoms with Crippen molar-refractivity contribution in [2.45, 2.75) is 35.4 Å². The van der Waals surface area contributed by atoms with Crippen LogP contribution in [0.15, 0.2) is 29.2 Å². The average molecular weight is 285 g/mol. The fourth-order valence-corrected chi connectivity index (χ4v) is 4.39. The molecule has 3 nitrogen and oxygen atoms in total. The summed E-state index contributed by atoms with van der Waals surface area (Å²) in [6, 6.07) is 8.17. The molecule has 0 bridgehead atoms. The third kappa shape index (κ3) is 3.20. The maximum atomic E-state index is 11.7. The Balaban J connectivity index is 2.13. The van der Waals surface area contributed by atoms with Gasteiger partial charge < -0.3 is 5.32 Å². The fraction of sp³-hybridized carbons (Fsp3) is 0.538. The van der Waals surface area contributed by atoms with Crippen molar-refractivity contribution in [2.75, 3.05) is 17.8 Å². The summed E-state index contributed by atoms with van der Waals surface area (Å²) in [5.74, 6) is 0. The van der Waals surface area contributed by atoms with Crippen LogP contribution in [0.3, 0.4) is 0 Å². The number of sulfone groups is 1. The van der Waals surface area contributed by atoms with Crippen LogP contribution in [0.4, 0.5) is 5.69 Å². The van der Waals surface area contributed by atoms with Crippen molar-refractivity contribution in [3.63, 3.8) is 0 Å². The Morgan fingerprint density at radius 2 is 2.11 bits per heavy atom. The Morgan fingerprint density at radius 1 is 1.33 bits per heavy atom. The van der Waals surface area contributed by atoms with Crippen LogP contribution in [0.25, 0.3) is 0 Å². The van der Waals surface area contributed by atoms with E-state index in [9.17, 15) is 8.42 Å². The number of anilines is 1. The standard InChI is InChI=1S/C13H19NO2S2/c1-17-11-6-3-5-10(9-11)14-12-7-4-8-13(12)18(2,15)16/h3,5-6,9,12-14H,4,7-8H2,1-2H3. The van der Waals surface area contributed by atoms with Gasteiger partial charge in [0.15, 0.2) is 9.84 Å². The lowest BCUT2D eigenvalue weighted by atomic mass is 10.2. The molecular formula is C13H19NO2S2. The summed E-state index contributed by atoms with van der Waals surface area (Å²) < 4.78 is 23.4. The van der Waals surface area contributed by atoms with Crippen molar-refractivity contribution in [1.29, 1.82) is 0 Å². The van der Waals surface area contributed by atoms with E-state index in [4.69, 9.17) is 0 Å². The Hall–Kier alpha value is -0.680. The number of hydrogen-bond acceptors (Lipinski definition) is 4. The summed E-state index contributed by atoms with van der Waals surface area (Å²) in [7, 11) is -2.96. The van der Waals surface area contributed by atoms with E-state index in [1.807, 2.05) is 18.4 Å². The van der Waals surface area contributed by atoms with E-state index in [1.54, 1.807) is 11.8 Å². The van der Waals surface area contributed by atoms with Crippen LogP contribution in [-0.2, 0) is 9.84 Å². The molecule has 1 aromatic rings. The van der Waals surface area contributed by atoms with Crippen LogP contribution in [0, 0.1) is 0 Å². The van der Waals surface area contributed by atoms with Gasteiger partial charge in [0.05, 0.1) is 5.25 Å². The van der Waals surface area contributed by atoms with Gasteiger partial charge in [0, 0.05) is 22.9 Å². The molecular weight excluding hydrogens is 266 g/mol. The molecule has 100 valence electrons. The molecule has 2 atom stereocenters. The SMILES string of the molecule is CSc1cccc(NC2CCCC2S(C)(=O)=O)c1. The first-order chi connectivity index (χ1) is 8.50. The maximum Gasteiger partial charge on any atom is 0.152 e. The number of benzene rings is 1. The van der Waals surface area contributed by atoms with E-state index in [0.717, 1.165) is 24.9 Å². The summed E-state index contributed by atoms with van der Waals surface area (Å²) >= 11 is 1.69. The van der Waals surface area contributed by atoms with Gasteiger partial charge in [0.25, 0.3) is 0 Å². The van der Waals surface area contributed by atoms with Crippen LogP contribution in [0.5, 0.6) is 0 Å². The summed E-state index contributed by atoms with van der Waals surface area (Å²) in [6.07, 6.45) is 6.07. The molecule has 1 aliphatic carbocycles. The van der Waals surface area contributed by atoms with E-state index >= 15 is 0 Å². The maximum absolute atomic E-state index is 11.7. The summed E-state index contributed by atoms with van der Waals surface area (Å²) in [5, 5.41) is 3.14. The lowest BCUT2D eigenvalue weighted by Crippen LogP contribution is -2.34. The smallest absolute Gasteiger partial charge is 0.152 e. The second kappa shape index (κ2) is 5.53. The highest BCUT2D eigenvalue weighted by Gasteiger charge is 2.34. The van der Waals surface area contributed by atoms with E-state index in [1.165, 1.54) is 11.2 Å². The number of hydrogen-bond donors (Lipinski definition) is 1. The average Bonchev–Trinajstić information content (AvgIpc) is 2.77. The molecule has 5 heteroatoms. The van der Waals surface area contributed by atoms with E-state index < -0.39 is 9.84 Å². The summed E-state index contributed by atoms with van der Waals surface area (Å²) in [6.45, 7) is 0. The highest BCUT2D eigenvalue weighted by atomic mass is 32.2. The Bertz CT molecular complexity index is 513. The minimum absolute atomic E-state index is 0.0529. The van der Waals surface area contributed by atoms with Crippen LogP contribution >= 0.6 is 11.8 Å². The lowest BCUT2D eigenvalue weighted by molar-refractivity contribution is 0.579. The van der Waals surface area contributed by atoms with Gasteiger partial charge in [0.2, 0.25) is 0 Å². The number of thioether (sulfide) groups is 1. The van der Waals surface area contributed by atoms with Gasteiger partial charge in [-0.2, -0.15) is 0 Å². The molecule has 0 radical (unpaired) electrons. The number of rotatable bonds is 4. The molecule has 1 aromatic carbocycles. The minimum Gasteiger partial charge on any atom is -0.381 e. The zero-order valence-corrected chi connectivity index (χ0v) is 12.4. The highest BCUT2D eigenvalue weighted by molar-refractivity contribution is 7.98. The molecule has 0 heterocycles. The van der Waals surface area contributed by atoms with E-state index in [0.29, 0.717) is 0 Å². The normalized spacial score (nSPS) is 24.1. The fourth-order valence-electron chi connectivity index (χ4n) is 2.53. The zero-order chi connectivity index (χ0) is 13.2. The molecule has 1 aliphatic rings. The van der Waals surface area contributed by atoms with Crippen molar-refractivity contribution < 1.29 is 8.42 Å². The van der Waals surface area contributed by atoms with Crippen molar-refractivity contribution >= 4 is 27.3 Å². The van der Waals surface area contributed by atoms with Gasteiger partial charge in [-0.25, -0.2) is 8.42 Å². The van der Waals surface area contributed by atoms with E-state index in [2.05, 4.69) is 17.4 Å². The van der Waals surface area contributed by atoms with Gasteiger partial charge in [-0.05, 0) is 43.7 Å². The molecule has 0 saturated heterocycles. The third-order valence-electron chi connectivity index (χ3n) is 3.42. The van der Waals surface area contributed by atoms with Gasteiger partial charge in [-0.15, -0.1) is 11.8 Å². The van der Waals surface area contributed by atoms with Gasteiger partial charge >= 0.3 is 0 Å². The van der Waals surface area contributed by atoms with Crippen LogP contribution in [0.1, 0.15) is 19.3 Å². The van der Waals surface area contributed by atoms with Crippen LogP contribution in [-0.4, -0.2) is 32.2 Å². The van der Waals surface area contributed by atoms with Crippen molar-refractivity contribution in [3.8, 4) is 0 Å². The largest absolute Gasteiger partial charge is 0.381 e. The summed E-state index contributed by atoms with van der Waals surface area (Å²) in [5.41, 5.74) is 1.02. The van der Waals surface area contributed by atoms with E-state index in [-0.39, 0.29) is 11.3 Å². The predicted octanol–water partition coefficient (Wildman–Crippen LogP) is 2.79. The van der Waals surface area contributed by atoms with Crippen molar-refractivity contribution in [3.05, 3.63) is 24.3 Å². The Kier molecular flexibility index (Phi) is 4.22. The molecule has 0 amide bonds. The van der Waals surface area contributed by atoms with Gasteiger partial charge in [0.1, 0.15) is 0 Å². The number of nitrogens with one attached hydrogen (secondary N) is 1. The first-order valence-electron chi connectivity index (χ1n) is 6.10. The molecule has 1 fully saturated rings. The predicted molar refractivity (Wildman–Crippen MR) is 78.1 cm³/mol. The lowest BCUT2D eigenvalue weighted by Gasteiger charge is -2.21. The topological polar surface area (TPSA) is 46.2 Å². The molecule has 0 aromatic heterocycles. The summed E-state index contributed by atoms with van der Waals surface area (Å²) in [4.78, 5) is 1.19. The Labute approximate surface area is 113 Å². The molecule has 1 N–H and O–H groups in total. The minimum atomic E-state index is -2.96. The third-order valence-corrected chi connectivity index (χ3v) is 5.81. The molecule has 2 rings (SSSR count). The quantitative estimate of drug-likeness (QED) is 0.864. The van der Waals surface area contributed by atoms with Crippen molar-refractivity contribution in [1.82, 2.24) is 0 Å². The molecule has 1 saturated carbocycles. The Morgan fingerprint density at radius 3 is 2.78 bits per heavy atom. The molecule has 0 spiro atoms. The van der Waals surface area contributed by atoms with Crippen LogP contribution < -0.4 is 5.32 Å². The molecule has 18 heavy (non-hydrogen) atoms. The van der Waals surface area contributed by atoms with Crippen molar-refractivity contribution in [2.24, 2.45) is 0 Å². The van der Waals surface area contributed by atoms with Crippen LogP contribution in [0.2, 0.25) is 0 Å². The highest BCUT2D eigenvalue weighted by Crippen LogP contribution is 2.29. The molecule has 0 aliphatic heterocycles.